The monoisotopic (exact) mass is 444 g/mol. The van der Waals surface area contributed by atoms with Gasteiger partial charge in [-0.3, -0.25) is 4.79 Å². The molecule has 0 heterocycles. The Hall–Kier alpha value is 0.286. The molecule has 0 aliphatic carbocycles. The smallest absolute Gasteiger partial charge is 0.377 e. The van der Waals surface area contributed by atoms with Gasteiger partial charge in [0, 0.05) is 27.2 Å². The van der Waals surface area contributed by atoms with E-state index >= 15 is 0 Å². The van der Waals surface area contributed by atoms with Crippen LogP contribution in [0.5, 0.6) is 0 Å². The van der Waals surface area contributed by atoms with Gasteiger partial charge in [0.1, 0.15) is 6.61 Å². The van der Waals surface area contributed by atoms with Crippen LogP contribution in [-0.4, -0.2) is 102 Å². The molecule has 0 fully saturated rings. The fourth-order valence-corrected chi connectivity index (χ4v) is 1.91. The van der Waals surface area contributed by atoms with E-state index in [0.717, 1.165) is 6.54 Å². The van der Waals surface area contributed by atoms with Gasteiger partial charge in [-0.05, 0) is 5.92 Å². The molecule has 0 aliphatic heterocycles. The van der Waals surface area contributed by atoms with Crippen LogP contribution in [0.2, 0.25) is 0 Å². The maximum absolute atomic E-state index is 11.7. The Morgan fingerprint density at radius 1 is 0.793 bits per heavy atom. The summed E-state index contributed by atoms with van der Waals surface area (Å²) in [5.74, 6) is 0.197. The van der Waals surface area contributed by atoms with E-state index in [1.54, 1.807) is 19.0 Å². The van der Waals surface area contributed by atoms with Crippen molar-refractivity contribution in [3.63, 3.8) is 0 Å². The first kappa shape index (κ1) is 33.9. The summed E-state index contributed by atoms with van der Waals surface area (Å²) in [4.78, 5) is 25.8. The maximum Gasteiger partial charge on any atom is 1.00 e. The Morgan fingerprint density at radius 3 is 1.62 bits per heavy atom. The zero-order valence-electron chi connectivity index (χ0n) is 19.7. The molecule has 29 heavy (non-hydrogen) atoms. The Morgan fingerprint density at radius 2 is 1.21 bits per heavy atom. The number of ether oxygens (including phenoxy) is 4. The number of rotatable bonds is 16. The second-order valence-electron chi connectivity index (χ2n) is 6.37. The zero-order chi connectivity index (χ0) is 21.8. The molecule has 2 amide bonds. The van der Waals surface area contributed by atoms with Crippen molar-refractivity contribution < 1.29 is 79.9 Å². The number of likely N-dealkylation sites (N-methyl/N-ethyl adjacent to an activating group) is 2. The number of carbonyl (C=O) groups excluding carboxylic acids is 2. The second-order valence-corrected chi connectivity index (χ2v) is 6.37. The molecule has 0 aromatic heterocycles. The van der Waals surface area contributed by atoms with Gasteiger partial charge in [-0.25, -0.2) is 0 Å². The summed E-state index contributed by atoms with van der Waals surface area (Å²) in [7, 11) is 3.46. The molecule has 8 nitrogen and oxygen atoms in total. The van der Waals surface area contributed by atoms with Gasteiger partial charge in [-0.15, -0.1) is 0 Å². The van der Waals surface area contributed by atoms with Crippen molar-refractivity contribution in [2.45, 2.75) is 27.7 Å². The molecule has 168 valence electrons. The number of carbonyl (C=O) groups is 2. The first-order chi connectivity index (χ1) is 13.3. The van der Waals surface area contributed by atoms with Gasteiger partial charge in [0.05, 0.1) is 52.2 Å². The third-order valence-corrected chi connectivity index (χ3v) is 3.40. The molecule has 0 unspecified atom stereocenters. The molecule has 9 heteroatoms. The van der Waals surface area contributed by atoms with Gasteiger partial charge in [0.15, 0.2) is 0 Å². The molecule has 0 N–H and O–H groups in total. The molecule has 0 aromatic carbocycles. The first-order valence-electron chi connectivity index (χ1n) is 9.96. The predicted octanol–water partition coefficient (Wildman–Crippen LogP) is -1.51. The van der Waals surface area contributed by atoms with Crippen LogP contribution in [-0.2, 0) is 28.5 Å². The summed E-state index contributed by atoms with van der Waals surface area (Å²) < 4.78 is 21.3. The number of amides is 2. The van der Waals surface area contributed by atoms with Crippen LogP contribution in [0.15, 0.2) is 0 Å². The molecule has 0 saturated carbocycles. The summed E-state index contributed by atoms with van der Waals surface area (Å²) in [6.07, 6.45) is 0. The van der Waals surface area contributed by atoms with Crippen LogP contribution in [0.3, 0.4) is 0 Å². The Labute approximate surface area is 220 Å². The summed E-state index contributed by atoms with van der Waals surface area (Å²) in [5, 5.41) is 0. The fraction of sp³-hybridized carbons (Fsp3) is 0.850. The minimum Gasteiger partial charge on any atom is -0.377 e. The molecule has 0 saturated heterocycles. The SMILES string of the molecule is CC.[CH2-]C(=O)N(C)CCOCCOCCOCCOCC(=O)N(C)CC(C)C.[K+]. The minimum absolute atomic E-state index is 0. The van der Waals surface area contributed by atoms with E-state index < -0.39 is 0 Å². The Kier molecular flexibility index (Phi) is 28.7. The molecular formula is C20H41KN2O6. The van der Waals surface area contributed by atoms with Crippen molar-refractivity contribution >= 4 is 11.8 Å². The van der Waals surface area contributed by atoms with Crippen LogP contribution in [0.4, 0.5) is 0 Å². The molecule has 0 radical (unpaired) electrons. The average Bonchev–Trinajstić information content (AvgIpc) is 2.65. The van der Waals surface area contributed by atoms with Gasteiger partial charge in [-0.1, -0.05) is 27.7 Å². The van der Waals surface area contributed by atoms with E-state index in [1.807, 2.05) is 13.8 Å². The standard InChI is InChI=1S/C18H35N2O6.C2H6.K/c1-16(2)14-20(5)18(22)15-26-13-12-25-11-10-24-9-8-23-7-6-19(4)17(3)21;1-2;/h16H,3,6-15H2,1-2,4-5H3;1-2H3;/q-1;;+1. The van der Waals surface area contributed by atoms with Gasteiger partial charge >= 0.3 is 51.4 Å². The van der Waals surface area contributed by atoms with Crippen LogP contribution in [0.25, 0.3) is 0 Å². The van der Waals surface area contributed by atoms with Gasteiger partial charge in [0.25, 0.3) is 0 Å². The normalized spacial score (nSPS) is 10.0. The van der Waals surface area contributed by atoms with Crippen LogP contribution < -0.4 is 51.4 Å². The Bertz CT molecular complexity index is 386. The van der Waals surface area contributed by atoms with Crippen molar-refractivity contribution in [1.29, 1.82) is 0 Å². The number of nitrogens with zero attached hydrogens (tertiary/aromatic N) is 2. The third kappa shape index (κ3) is 24.4. The molecule has 0 bridgehead atoms. The summed E-state index contributed by atoms with van der Waals surface area (Å²) in [5.41, 5.74) is 0. The van der Waals surface area contributed by atoms with E-state index in [-0.39, 0.29) is 69.8 Å². The number of hydrogen-bond donors (Lipinski definition) is 0. The summed E-state index contributed by atoms with van der Waals surface area (Å²) in [6.45, 7) is 15.9. The van der Waals surface area contributed by atoms with E-state index in [2.05, 4.69) is 20.8 Å². The zero-order valence-corrected chi connectivity index (χ0v) is 22.8. The number of hydrogen-bond acceptors (Lipinski definition) is 6. The average molecular weight is 445 g/mol. The predicted molar refractivity (Wildman–Crippen MR) is 110 cm³/mol. The molecule has 0 aliphatic rings. The third-order valence-electron chi connectivity index (χ3n) is 3.40. The maximum atomic E-state index is 11.7. The van der Waals surface area contributed by atoms with Crippen LogP contribution in [0.1, 0.15) is 27.7 Å². The largest absolute Gasteiger partial charge is 1.00 e. The van der Waals surface area contributed by atoms with E-state index in [1.165, 1.54) is 4.90 Å². The topological polar surface area (TPSA) is 77.5 Å². The minimum atomic E-state index is -0.224. The summed E-state index contributed by atoms with van der Waals surface area (Å²) in [6, 6.07) is 0. The second kappa shape index (κ2) is 24.6. The van der Waals surface area contributed by atoms with Crippen molar-refractivity contribution in [2.75, 3.05) is 80.0 Å². The quantitative estimate of drug-likeness (QED) is 0.164. The van der Waals surface area contributed by atoms with Crippen molar-refractivity contribution in [3.05, 3.63) is 6.92 Å². The van der Waals surface area contributed by atoms with Crippen LogP contribution >= 0.6 is 0 Å². The van der Waals surface area contributed by atoms with Gasteiger partial charge < -0.3 is 40.5 Å². The van der Waals surface area contributed by atoms with Crippen molar-refractivity contribution in [2.24, 2.45) is 5.92 Å². The summed E-state index contributed by atoms with van der Waals surface area (Å²) >= 11 is 0. The van der Waals surface area contributed by atoms with Gasteiger partial charge in [-0.2, -0.15) is 0 Å². The van der Waals surface area contributed by atoms with Gasteiger partial charge in [0.2, 0.25) is 5.91 Å². The van der Waals surface area contributed by atoms with E-state index in [9.17, 15) is 9.59 Å². The molecule has 0 rings (SSSR count). The molecule has 0 spiro atoms. The van der Waals surface area contributed by atoms with Crippen molar-refractivity contribution in [1.82, 2.24) is 9.80 Å². The first-order valence-corrected chi connectivity index (χ1v) is 9.96. The Balaban J connectivity index is -0.00000218. The molecule has 0 atom stereocenters. The fourth-order valence-electron chi connectivity index (χ4n) is 1.91. The van der Waals surface area contributed by atoms with E-state index in [0.29, 0.717) is 58.7 Å². The molecule has 0 aromatic rings. The van der Waals surface area contributed by atoms with E-state index in [4.69, 9.17) is 18.9 Å². The molecular weight excluding hydrogens is 403 g/mol. The van der Waals surface area contributed by atoms with Crippen molar-refractivity contribution in [3.8, 4) is 0 Å². The van der Waals surface area contributed by atoms with Crippen LogP contribution in [0, 0.1) is 12.8 Å².